The molecule has 2 amide bonds. The van der Waals surface area contributed by atoms with Gasteiger partial charge >= 0.3 is 0 Å². The molecule has 172 valence electrons. The summed E-state index contributed by atoms with van der Waals surface area (Å²) in [6.07, 6.45) is 1.99. The van der Waals surface area contributed by atoms with E-state index in [0.717, 1.165) is 42.7 Å². The van der Waals surface area contributed by atoms with Gasteiger partial charge in [-0.05, 0) is 47.9 Å². The van der Waals surface area contributed by atoms with Crippen molar-refractivity contribution in [2.24, 2.45) is 0 Å². The Hall–Kier alpha value is -3.75. The molecule has 1 aromatic heterocycles. The van der Waals surface area contributed by atoms with E-state index in [1.807, 2.05) is 61.5 Å². The van der Waals surface area contributed by atoms with Crippen LogP contribution in [0.2, 0.25) is 0 Å². The van der Waals surface area contributed by atoms with E-state index >= 15 is 0 Å². The first kappa shape index (κ1) is 22.4. The normalized spacial score (nSPS) is 15.2. The average molecular weight is 448 g/mol. The van der Waals surface area contributed by atoms with Crippen LogP contribution in [0, 0.1) is 6.92 Å². The lowest BCUT2D eigenvalue weighted by atomic mass is 10.0. The van der Waals surface area contributed by atoms with E-state index in [9.17, 15) is 9.59 Å². The predicted octanol–water partition coefficient (Wildman–Crippen LogP) is 1.80. The van der Waals surface area contributed by atoms with Crippen LogP contribution in [0.5, 0.6) is 0 Å². The first-order valence-electron chi connectivity index (χ1n) is 11.2. The maximum atomic E-state index is 13.0. The number of aromatic nitrogens is 4. The maximum absolute atomic E-state index is 13.0. The van der Waals surface area contributed by atoms with Gasteiger partial charge in [0.25, 0.3) is 0 Å². The zero-order valence-electron chi connectivity index (χ0n) is 18.9. The molecule has 0 aliphatic carbocycles. The number of hydrogen-bond donors (Lipinski definition) is 2. The van der Waals surface area contributed by atoms with Crippen LogP contribution in [0.4, 0.5) is 5.95 Å². The molecular formula is C24H29N7O2. The van der Waals surface area contributed by atoms with E-state index in [4.69, 9.17) is 0 Å². The van der Waals surface area contributed by atoms with Gasteiger partial charge in [-0.3, -0.25) is 9.59 Å². The number of hydrogen-bond acceptors (Lipinski definition) is 6. The summed E-state index contributed by atoms with van der Waals surface area (Å²) in [7, 11) is 0. The zero-order chi connectivity index (χ0) is 23.2. The van der Waals surface area contributed by atoms with Crippen molar-refractivity contribution in [2.75, 3.05) is 18.0 Å². The highest BCUT2D eigenvalue weighted by Crippen LogP contribution is 2.20. The molecule has 0 saturated carbocycles. The molecule has 3 aromatic rings. The number of amides is 2. The highest BCUT2D eigenvalue weighted by Gasteiger charge is 2.27. The van der Waals surface area contributed by atoms with Gasteiger partial charge in [-0.2, -0.15) is 4.68 Å². The molecule has 33 heavy (non-hydrogen) atoms. The summed E-state index contributed by atoms with van der Waals surface area (Å²) in [5, 5.41) is 18.1. The van der Waals surface area contributed by atoms with Crippen molar-refractivity contribution >= 4 is 17.8 Å². The Morgan fingerprint density at radius 3 is 2.55 bits per heavy atom. The number of aryl methyl sites for hydroxylation is 1. The maximum Gasteiger partial charge on any atom is 0.250 e. The summed E-state index contributed by atoms with van der Waals surface area (Å²) in [5.41, 5.74) is 3.05. The molecule has 0 radical (unpaired) electrons. The van der Waals surface area contributed by atoms with Gasteiger partial charge in [0.15, 0.2) is 0 Å². The fourth-order valence-electron chi connectivity index (χ4n) is 4.17. The van der Waals surface area contributed by atoms with Crippen LogP contribution in [-0.2, 0) is 16.0 Å². The van der Waals surface area contributed by atoms with Crippen molar-refractivity contribution in [3.8, 4) is 5.69 Å². The second-order valence-corrected chi connectivity index (χ2v) is 8.44. The Bertz CT molecular complexity index is 1090. The van der Waals surface area contributed by atoms with Gasteiger partial charge in [-0.25, -0.2) is 0 Å². The van der Waals surface area contributed by atoms with Crippen molar-refractivity contribution in [3.05, 3.63) is 65.7 Å². The third-order valence-electron chi connectivity index (χ3n) is 5.79. The van der Waals surface area contributed by atoms with Gasteiger partial charge in [0.1, 0.15) is 6.04 Å². The molecule has 2 aromatic carbocycles. The number of nitrogens with zero attached hydrogens (tertiary/aromatic N) is 5. The van der Waals surface area contributed by atoms with Crippen LogP contribution < -0.4 is 15.5 Å². The number of benzene rings is 2. The number of carbonyl (C=O) groups is 2. The molecule has 1 atom stereocenters. The number of anilines is 1. The quantitative estimate of drug-likeness (QED) is 0.572. The number of carbonyl (C=O) groups excluding carboxylic acids is 2. The van der Waals surface area contributed by atoms with E-state index < -0.39 is 6.04 Å². The summed E-state index contributed by atoms with van der Waals surface area (Å²) < 4.78 is 1.73. The minimum atomic E-state index is -0.604. The lowest BCUT2D eigenvalue weighted by Gasteiger charge is -2.33. The van der Waals surface area contributed by atoms with Gasteiger partial charge in [-0.1, -0.05) is 53.1 Å². The van der Waals surface area contributed by atoms with Crippen molar-refractivity contribution in [1.82, 2.24) is 30.8 Å². The highest BCUT2D eigenvalue weighted by atomic mass is 16.2. The first-order valence-corrected chi connectivity index (χ1v) is 11.2. The molecular weight excluding hydrogens is 418 g/mol. The van der Waals surface area contributed by atoms with Crippen LogP contribution in [0.15, 0.2) is 54.6 Å². The SMILES string of the molecule is CC(=O)N[C@H](Cc1cccc(C)c1)C(=O)NC1CCN(c2nnnn2-c2ccccc2)CC1. The van der Waals surface area contributed by atoms with Crippen LogP contribution in [0.3, 0.4) is 0 Å². The predicted molar refractivity (Wildman–Crippen MR) is 125 cm³/mol. The fraction of sp³-hybridized carbons (Fsp3) is 0.375. The summed E-state index contributed by atoms with van der Waals surface area (Å²) in [5.74, 6) is 0.325. The summed E-state index contributed by atoms with van der Waals surface area (Å²) in [6.45, 7) is 4.90. The van der Waals surface area contributed by atoms with Gasteiger partial charge < -0.3 is 15.5 Å². The molecule has 9 nitrogen and oxygen atoms in total. The van der Waals surface area contributed by atoms with Gasteiger partial charge in [0.2, 0.25) is 17.8 Å². The Balaban J connectivity index is 1.36. The third kappa shape index (κ3) is 5.74. The average Bonchev–Trinajstić information content (AvgIpc) is 3.29. The number of piperidine rings is 1. The molecule has 1 aliphatic heterocycles. The molecule has 4 rings (SSSR count). The summed E-state index contributed by atoms with van der Waals surface area (Å²) in [4.78, 5) is 26.9. The van der Waals surface area contributed by atoms with Gasteiger partial charge in [0.05, 0.1) is 5.69 Å². The molecule has 0 unspecified atom stereocenters. The van der Waals surface area contributed by atoms with E-state index in [2.05, 4.69) is 31.1 Å². The smallest absolute Gasteiger partial charge is 0.250 e. The van der Waals surface area contributed by atoms with Crippen LogP contribution in [0.1, 0.15) is 30.9 Å². The molecule has 0 spiro atoms. The van der Waals surface area contributed by atoms with Gasteiger partial charge in [0, 0.05) is 32.5 Å². The van der Waals surface area contributed by atoms with Gasteiger partial charge in [-0.15, -0.1) is 0 Å². The van der Waals surface area contributed by atoms with E-state index in [-0.39, 0.29) is 17.9 Å². The minimum absolute atomic E-state index is 0.0311. The molecule has 2 N–H and O–H groups in total. The lowest BCUT2D eigenvalue weighted by Crippen LogP contribution is -2.52. The standard InChI is InChI=1S/C24H29N7O2/c1-17-7-6-8-19(15-17)16-22(25-18(2)32)23(33)26-20-11-13-30(14-12-20)24-27-28-29-31(24)21-9-4-3-5-10-21/h3-10,15,20,22H,11-14,16H2,1-2H3,(H,25,32)(H,26,33)/t22-/m1/s1. The first-order chi connectivity index (χ1) is 16.0. The van der Waals surface area contributed by atoms with Crippen molar-refractivity contribution in [2.45, 2.75) is 45.2 Å². The van der Waals surface area contributed by atoms with Crippen LogP contribution >= 0.6 is 0 Å². The topological polar surface area (TPSA) is 105 Å². The van der Waals surface area contributed by atoms with Crippen molar-refractivity contribution in [3.63, 3.8) is 0 Å². The number of nitrogens with one attached hydrogen (secondary N) is 2. The Labute approximate surface area is 193 Å². The van der Waals surface area contributed by atoms with Crippen molar-refractivity contribution < 1.29 is 9.59 Å². The van der Waals surface area contributed by atoms with Crippen molar-refractivity contribution in [1.29, 1.82) is 0 Å². The molecule has 1 saturated heterocycles. The largest absolute Gasteiger partial charge is 0.351 e. The number of tetrazole rings is 1. The molecule has 9 heteroatoms. The highest BCUT2D eigenvalue weighted by molar-refractivity contribution is 5.87. The van der Waals surface area contributed by atoms with E-state index in [0.29, 0.717) is 12.4 Å². The minimum Gasteiger partial charge on any atom is -0.351 e. The van der Waals surface area contributed by atoms with Crippen LogP contribution in [0.25, 0.3) is 5.69 Å². The molecule has 0 bridgehead atoms. The molecule has 1 fully saturated rings. The third-order valence-corrected chi connectivity index (χ3v) is 5.79. The number of rotatable bonds is 7. The summed E-state index contributed by atoms with van der Waals surface area (Å²) in [6, 6.07) is 17.2. The van der Waals surface area contributed by atoms with Crippen LogP contribution in [-0.4, -0.2) is 57.2 Å². The number of para-hydroxylation sites is 1. The molecule has 2 heterocycles. The molecule has 1 aliphatic rings. The second-order valence-electron chi connectivity index (χ2n) is 8.44. The Morgan fingerprint density at radius 2 is 1.85 bits per heavy atom. The second kappa shape index (κ2) is 10.2. The fourth-order valence-corrected chi connectivity index (χ4v) is 4.17. The summed E-state index contributed by atoms with van der Waals surface area (Å²) >= 11 is 0. The Morgan fingerprint density at radius 1 is 1.09 bits per heavy atom. The zero-order valence-corrected chi connectivity index (χ0v) is 18.9. The van der Waals surface area contributed by atoms with E-state index in [1.54, 1.807) is 4.68 Å². The lowest BCUT2D eigenvalue weighted by molar-refractivity contribution is -0.128. The van der Waals surface area contributed by atoms with E-state index in [1.165, 1.54) is 6.92 Å². The monoisotopic (exact) mass is 447 g/mol. The Kier molecular flexibility index (Phi) is 6.97.